The number of rotatable bonds is 8. The largest absolute Gasteiger partial charge is 0.467 e. The molecule has 1 aromatic heterocycles. The number of nitrogens with one attached hydrogen (secondary N) is 1. The summed E-state index contributed by atoms with van der Waals surface area (Å²) in [4.78, 5) is 28.4. The van der Waals surface area contributed by atoms with E-state index in [9.17, 15) is 9.59 Å². The van der Waals surface area contributed by atoms with Gasteiger partial charge in [0.15, 0.2) is 11.7 Å². The van der Waals surface area contributed by atoms with E-state index >= 15 is 0 Å². The van der Waals surface area contributed by atoms with Crippen LogP contribution in [0.3, 0.4) is 0 Å². The number of oxazole rings is 1. The molecule has 1 amide bonds. The minimum Gasteiger partial charge on any atom is -0.467 e. The highest BCUT2D eigenvalue weighted by Crippen LogP contribution is 2.23. The number of hydrogen-bond acceptors (Lipinski definition) is 5. The molecular formula is C19H23ClN2O4. The first-order valence-electron chi connectivity index (χ1n) is 8.48. The minimum atomic E-state index is -1.02. The first-order chi connectivity index (χ1) is 12.4. The van der Waals surface area contributed by atoms with Gasteiger partial charge in [-0.25, -0.2) is 9.78 Å². The van der Waals surface area contributed by atoms with Crippen molar-refractivity contribution < 1.29 is 18.7 Å². The van der Waals surface area contributed by atoms with Gasteiger partial charge in [-0.15, -0.1) is 0 Å². The van der Waals surface area contributed by atoms with E-state index < -0.39 is 11.5 Å². The standard InChI is InChI=1S/C19H23ClN2O4/c1-4-11-19(2,18(24)25-3)22-16(23)9-10-17-21-12-15(26-17)13-5-7-14(20)8-6-13/h5-8,12H,4,9-11H2,1-3H3,(H,22,23)/t19-/m1/s1. The van der Waals surface area contributed by atoms with Crippen molar-refractivity contribution in [2.45, 2.75) is 45.1 Å². The van der Waals surface area contributed by atoms with Gasteiger partial charge in [0.1, 0.15) is 5.54 Å². The second-order valence-electron chi connectivity index (χ2n) is 6.25. The number of hydrogen-bond donors (Lipinski definition) is 1. The van der Waals surface area contributed by atoms with Crippen molar-refractivity contribution >= 4 is 23.5 Å². The number of benzene rings is 1. The summed E-state index contributed by atoms with van der Waals surface area (Å²) < 4.78 is 10.5. The third-order valence-electron chi connectivity index (χ3n) is 4.05. The lowest BCUT2D eigenvalue weighted by molar-refractivity contribution is -0.150. The Morgan fingerprint density at radius 3 is 2.62 bits per heavy atom. The zero-order valence-electron chi connectivity index (χ0n) is 15.2. The SMILES string of the molecule is CCC[C@@](C)(NC(=O)CCc1ncc(-c2ccc(Cl)cc2)o1)C(=O)OC. The van der Waals surface area contributed by atoms with E-state index in [1.54, 1.807) is 25.3 Å². The molecular weight excluding hydrogens is 356 g/mol. The second-order valence-corrected chi connectivity index (χ2v) is 6.68. The fraction of sp³-hybridized carbons (Fsp3) is 0.421. The monoisotopic (exact) mass is 378 g/mol. The maximum atomic E-state index is 12.2. The molecule has 0 aliphatic carbocycles. The van der Waals surface area contributed by atoms with Crippen molar-refractivity contribution in [3.05, 3.63) is 41.4 Å². The molecule has 0 bridgehead atoms. The Hall–Kier alpha value is -2.34. The predicted molar refractivity (Wildman–Crippen MR) is 98.7 cm³/mol. The topological polar surface area (TPSA) is 81.4 Å². The van der Waals surface area contributed by atoms with Crippen LogP contribution < -0.4 is 5.32 Å². The molecule has 0 saturated heterocycles. The molecule has 140 valence electrons. The van der Waals surface area contributed by atoms with Gasteiger partial charge in [0.25, 0.3) is 0 Å². The Morgan fingerprint density at radius 1 is 1.31 bits per heavy atom. The smallest absolute Gasteiger partial charge is 0.331 e. The van der Waals surface area contributed by atoms with Crippen molar-refractivity contribution in [1.82, 2.24) is 10.3 Å². The van der Waals surface area contributed by atoms with Crippen LogP contribution in [0, 0.1) is 0 Å². The molecule has 1 heterocycles. The van der Waals surface area contributed by atoms with Gasteiger partial charge >= 0.3 is 5.97 Å². The fourth-order valence-corrected chi connectivity index (χ4v) is 2.83. The Bertz CT molecular complexity index is 757. The lowest BCUT2D eigenvalue weighted by Crippen LogP contribution is -2.52. The lowest BCUT2D eigenvalue weighted by Gasteiger charge is -2.27. The first kappa shape index (κ1) is 20.0. The van der Waals surface area contributed by atoms with Crippen LogP contribution in [0.25, 0.3) is 11.3 Å². The van der Waals surface area contributed by atoms with Crippen LogP contribution in [0.2, 0.25) is 5.02 Å². The lowest BCUT2D eigenvalue weighted by atomic mass is 9.96. The van der Waals surface area contributed by atoms with Crippen molar-refractivity contribution in [2.24, 2.45) is 0 Å². The third kappa shape index (κ3) is 5.08. The summed E-state index contributed by atoms with van der Waals surface area (Å²) in [6.45, 7) is 3.61. The van der Waals surface area contributed by atoms with Crippen LogP contribution in [-0.2, 0) is 20.7 Å². The molecule has 0 fully saturated rings. The summed E-state index contributed by atoms with van der Waals surface area (Å²) in [6, 6.07) is 7.22. The molecule has 1 N–H and O–H groups in total. The van der Waals surface area contributed by atoms with Crippen LogP contribution in [0.1, 0.15) is 39.0 Å². The Labute approximate surface area is 157 Å². The number of aryl methyl sites for hydroxylation is 1. The highest BCUT2D eigenvalue weighted by Gasteiger charge is 2.34. The van der Waals surface area contributed by atoms with Gasteiger partial charge in [0, 0.05) is 23.4 Å². The fourth-order valence-electron chi connectivity index (χ4n) is 2.70. The molecule has 2 aromatic rings. The maximum Gasteiger partial charge on any atom is 0.331 e. The molecule has 0 unspecified atom stereocenters. The van der Waals surface area contributed by atoms with Gasteiger partial charge in [-0.1, -0.05) is 24.9 Å². The Balaban J connectivity index is 1.95. The van der Waals surface area contributed by atoms with Crippen LogP contribution >= 0.6 is 11.6 Å². The van der Waals surface area contributed by atoms with Gasteiger partial charge in [-0.3, -0.25) is 4.79 Å². The Kier molecular flexibility index (Phi) is 6.80. The number of halogens is 1. The van der Waals surface area contributed by atoms with Crippen molar-refractivity contribution in [2.75, 3.05) is 7.11 Å². The number of aromatic nitrogens is 1. The average molecular weight is 379 g/mol. The van der Waals surface area contributed by atoms with E-state index in [4.69, 9.17) is 20.8 Å². The molecule has 0 aliphatic rings. The number of ether oxygens (including phenoxy) is 1. The summed E-state index contributed by atoms with van der Waals surface area (Å²) in [5, 5.41) is 3.41. The number of amides is 1. The molecule has 0 radical (unpaired) electrons. The van der Waals surface area contributed by atoms with Gasteiger partial charge in [-0.05, 0) is 37.6 Å². The summed E-state index contributed by atoms with van der Waals surface area (Å²) in [6.07, 6.45) is 3.37. The number of carbonyl (C=O) groups excluding carboxylic acids is 2. The van der Waals surface area contributed by atoms with Crippen molar-refractivity contribution in [3.8, 4) is 11.3 Å². The summed E-state index contributed by atoms with van der Waals surface area (Å²) in [5.74, 6) is 0.370. The number of carbonyl (C=O) groups is 2. The minimum absolute atomic E-state index is 0.164. The normalized spacial score (nSPS) is 13.1. The van der Waals surface area contributed by atoms with E-state index in [-0.39, 0.29) is 12.3 Å². The van der Waals surface area contributed by atoms with Crippen molar-refractivity contribution in [1.29, 1.82) is 0 Å². The van der Waals surface area contributed by atoms with Gasteiger partial charge in [0.05, 0.1) is 13.3 Å². The molecule has 0 saturated carbocycles. The molecule has 6 nitrogen and oxygen atoms in total. The van der Waals surface area contributed by atoms with E-state index in [0.717, 1.165) is 12.0 Å². The van der Waals surface area contributed by atoms with Crippen LogP contribution in [0.5, 0.6) is 0 Å². The van der Waals surface area contributed by atoms with Gasteiger partial charge in [0.2, 0.25) is 5.91 Å². The van der Waals surface area contributed by atoms with Crippen molar-refractivity contribution in [3.63, 3.8) is 0 Å². The van der Waals surface area contributed by atoms with E-state index in [1.165, 1.54) is 7.11 Å². The Morgan fingerprint density at radius 2 is 2.00 bits per heavy atom. The van der Waals surface area contributed by atoms with E-state index in [2.05, 4.69) is 10.3 Å². The molecule has 0 spiro atoms. The molecule has 1 atom stereocenters. The predicted octanol–water partition coefficient (Wildman–Crippen LogP) is 3.78. The summed E-state index contributed by atoms with van der Waals surface area (Å²) in [5.41, 5.74) is -0.162. The molecule has 2 rings (SSSR count). The van der Waals surface area contributed by atoms with Gasteiger partial charge in [-0.2, -0.15) is 0 Å². The zero-order chi connectivity index (χ0) is 19.2. The van der Waals surface area contributed by atoms with E-state index in [0.29, 0.717) is 29.5 Å². The molecule has 0 aliphatic heterocycles. The van der Waals surface area contributed by atoms with Crippen LogP contribution in [0.15, 0.2) is 34.9 Å². The van der Waals surface area contributed by atoms with E-state index in [1.807, 2.05) is 19.1 Å². The number of methoxy groups -OCH3 is 1. The zero-order valence-corrected chi connectivity index (χ0v) is 15.9. The highest BCUT2D eigenvalue weighted by molar-refractivity contribution is 6.30. The van der Waals surface area contributed by atoms with Crippen LogP contribution in [-0.4, -0.2) is 29.5 Å². The summed E-state index contributed by atoms with van der Waals surface area (Å²) in [7, 11) is 1.31. The third-order valence-corrected chi connectivity index (χ3v) is 4.30. The molecule has 26 heavy (non-hydrogen) atoms. The quantitative estimate of drug-likeness (QED) is 0.707. The number of nitrogens with zero attached hydrogens (tertiary/aromatic N) is 1. The first-order valence-corrected chi connectivity index (χ1v) is 8.86. The number of esters is 1. The highest BCUT2D eigenvalue weighted by atomic mass is 35.5. The van der Waals surface area contributed by atoms with Gasteiger partial charge < -0.3 is 14.5 Å². The molecule has 1 aromatic carbocycles. The van der Waals surface area contributed by atoms with Crippen LogP contribution in [0.4, 0.5) is 0 Å². The maximum absolute atomic E-state index is 12.2. The summed E-state index contributed by atoms with van der Waals surface area (Å²) >= 11 is 5.87. The second kappa shape index (κ2) is 8.85. The molecule has 7 heteroatoms. The average Bonchev–Trinajstić information content (AvgIpc) is 3.09.